The van der Waals surface area contributed by atoms with E-state index >= 15 is 0 Å². The molecule has 0 aliphatic heterocycles. The third-order valence-electron chi connectivity index (χ3n) is 4.58. The summed E-state index contributed by atoms with van der Waals surface area (Å²) in [6, 6.07) is 10.5. The van der Waals surface area contributed by atoms with Crippen molar-refractivity contribution in [1.29, 1.82) is 0 Å². The predicted molar refractivity (Wildman–Crippen MR) is 87.4 cm³/mol. The lowest BCUT2D eigenvalue weighted by atomic mass is 9.88. The van der Waals surface area contributed by atoms with Gasteiger partial charge < -0.3 is 5.32 Å². The molecule has 1 atom stereocenters. The molecule has 5 nitrogen and oxygen atoms in total. The molecule has 0 radical (unpaired) electrons. The largest absolute Gasteiger partial charge is 0.349 e. The maximum Gasteiger partial charge on any atom is 0.254 e. The Morgan fingerprint density at radius 2 is 2.09 bits per heavy atom. The summed E-state index contributed by atoms with van der Waals surface area (Å²) in [5.41, 5.74) is 4.88. The molecule has 0 unspecified atom stereocenters. The summed E-state index contributed by atoms with van der Waals surface area (Å²) >= 11 is 0. The first kappa shape index (κ1) is 13.9. The maximum absolute atomic E-state index is 12.6. The van der Waals surface area contributed by atoms with Gasteiger partial charge in [0.25, 0.3) is 5.91 Å². The molecule has 23 heavy (non-hydrogen) atoms. The number of fused-ring (bicyclic) bond motifs is 2. The van der Waals surface area contributed by atoms with Crippen LogP contribution >= 0.6 is 0 Å². The quantitative estimate of drug-likeness (QED) is 0.790. The zero-order valence-electron chi connectivity index (χ0n) is 13.0. The Morgan fingerprint density at radius 1 is 1.26 bits per heavy atom. The summed E-state index contributed by atoms with van der Waals surface area (Å²) < 4.78 is 1.70. The van der Waals surface area contributed by atoms with E-state index in [0.717, 1.165) is 30.6 Å². The van der Waals surface area contributed by atoms with E-state index in [4.69, 9.17) is 0 Å². The van der Waals surface area contributed by atoms with Gasteiger partial charge in [-0.05, 0) is 37.3 Å². The third-order valence-corrected chi connectivity index (χ3v) is 4.58. The highest BCUT2D eigenvalue weighted by Crippen LogP contribution is 2.21. The molecule has 0 fully saturated rings. The van der Waals surface area contributed by atoms with Crippen LogP contribution in [0.3, 0.4) is 0 Å². The van der Waals surface area contributed by atoms with Crippen molar-refractivity contribution in [3.8, 4) is 0 Å². The van der Waals surface area contributed by atoms with Gasteiger partial charge in [-0.15, -0.1) is 0 Å². The summed E-state index contributed by atoms with van der Waals surface area (Å²) in [7, 11) is 0. The van der Waals surface area contributed by atoms with E-state index in [1.165, 1.54) is 11.1 Å². The average molecular weight is 306 g/mol. The highest BCUT2D eigenvalue weighted by atomic mass is 16.1. The summed E-state index contributed by atoms with van der Waals surface area (Å²) in [5.74, 6) is -0.0724. The summed E-state index contributed by atoms with van der Waals surface area (Å²) in [6.45, 7) is 1.90. The molecular weight excluding hydrogens is 288 g/mol. The van der Waals surface area contributed by atoms with Gasteiger partial charge in [0, 0.05) is 18.3 Å². The molecule has 0 saturated carbocycles. The number of hydrogen-bond donors (Lipinski definition) is 1. The van der Waals surface area contributed by atoms with Crippen LogP contribution in [0.25, 0.3) is 5.65 Å². The van der Waals surface area contributed by atoms with Crippen molar-refractivity contribution in [2.45, 2.75) is 32.2 Å². The Kier molecular flexibility index (Phi) is 3.33. The van der Waals surface area contributed by atoms with Gasteiger partial charge in [-0.2, -0.15) is 5.10 Å². The van der Waals surface area contributed by atoms with Crippen LogP contribution in [0.4, 0.5) is 0 Å². The molecule has 1 aromatic carbocycles. The third kappa shape index (κ3) is 2.48. The molecule has 116 valence electrons. The van der Waals surface area contributed by atoms with Crippen LogP contribution in [-0.4, -0.2) is 26.5 Å². The summed E-state index contributed by atoms with van der Waals surface area (Å²) in [6.07, 6.45) is 6.20. The molecule has 1 aliphatic carbocycles. The van der Waals surface area contributed by atoms with Crippen molar-refractivity contribution >= 4 is 11.6 Å². The van der Waals surface area contributed by atoms with Crippen molar-refractivity contribution < 1.29 is 4.79 Å². The van der Waals surface area contributed by atoms with E-state index in [2.05, 4.69) is 39.7 Å². The minimum absolute atomic E-state index is 0.0724. The SMILES string of the molecule is Cc1c(C(=O)N[C@@H]2CCc3ccccc3C2)cnc2ccnn12. The number of aromatic nitrogens is 3. The zero-order chi connectivity index (χ0) is 15.8. The second-order valence-corrected chi connectivity index (χ2v) is 6.04. The molecule has 5 heteroatoms. The summed E-state index contributed by atoms with van der Waals surface area (Å²) in [5, 5.41) is 7.37. The van der Waals surface area contributed by atoms with Crippen LogP contribution in [-0.2, 0) is 12.8 Å². The van der Waals surface area contributed by atoms with Gasteiger partial charge in [0.2, 0.25) is 0 Å². The van der Waals surface area contributed by atoms with Gasteiger partial charge in [-0.25, -0.2) is 9.50 Å². The molecular formula is C18H18N4O. The molecule has 0 spiro atoms. The highest BCUT2D eigenvalue weighted by molar-refractivity contribution is 5.95. The second kappa shape index (κ2) is 5.50. The monoisotopic (exact) mass is 306 g/mol. The number of aryl methyl sites for hydroxylation is 2. The molecule has 0 bridgehead atoms. The standard InChI is InChI=1S/C18H18N4O/c1-12-16(11-19-17-8-9-20-22(12)17)18(23)21-15-7-6-13-4-2-3-5-14(13)10-15/h2-5,8-9,11,15H,6-7,10H2,1H3,(H,21,23)/t15-/m1/s1. The van der Waals surface area contributed by atoms with Crippen molar-refractivity contribution in [3.05, 3.63) is 65.1 Å². The van der Waals surface area contributed by atoms with Gasteiger partial charge in [0.05, 0.1) is 17.5 Å². The Balaban J connectivity index is 1.55. The minimum atomic E-state index is -0.0724. The van der Waals surface area contributed by atoms with Gasteiger partial charge >= 0.3 is 0 Å². The predicted octanol–water partition coefficient (Wildman–Crippen LogP) is 2.33. The van der Waals surface area contributed by atoms with E-state index in [-0.39, 0.29) is 11.9 Å². The van der Waals surface area contributed by atoms with E-state index < -0.39 is 0 Å². The molecule has 1 N–H and O–H groups in total. The first-order valence-electron chi connectivity index (χ1n) is 7.89. The molecule has 2 aromatic heterocycles. The normalized spacial score (nSPS) is 17.0. The average Bonchev–Trinajstić information content (AvgIpc) is 3.04. The Hall–Kier alpha value is -2.69. The van der Waals surface area contributed by atoms with Crippen molar-refractivity contribution in [2.24, 2.45) is 0 Å². The number of carbonyl (C=O) groups is 1. The molecule has 1 aliphatic rings. The van der Waals surface area contributed by atoms with Crippen LogP contribution in [0.2, 0.25) is 0 Å². The molecule has 3 aromatic rings. The van der Waals surface area contributed by atoms with Crippen molar-refractivity contribution in [3.63, 3.8) is 0 Å². The highest BCUT2D eigenvalue weighted by Gasteiger charge is 2.21. The van der Waals surface area contributed by atoms with Gasteiger partial charge in [-0.1, -0.05) is 24.3 Å². The lowest BCUT2D eigenvalue weighted by Gasteiger charge is -2.25. The topological polar surface area (TPSA) is 59.3 Å². The number of carbonyl (C=O) groups excluding carboxylic acids is 1. The number of benzene rings is 1. The minimum Gasteiger partial charge on any atom is -0.349 e. The van der Waals surface area contributed by atoms with Gasteiger partial charge in [-0.3, -0.25) is 4.79 Å². The van der Waals surface area contributed by atoms with E-state index in [1.807, 2.05) is 13.0 Å². The zero-order valence-corrected chi connectivity index (χ0v) is 13.0. The Labute approximate surface area is 134 Å². The molecule has 4 rings (SSSR count). The second-order valence-electron chi connectivity index (χ2n) is 6.04. The van der Waals surface area contributed by atoms with E-state index in [9.17, 15) is 4.79 Å². The maximum atomic E-state index is 12.6. The van der Waals surface area contributed by atoms with E-state index in [1.54, 1.807) is 16.9 Å². The fraction of sp³-hybridized carbons (Fsp3) is 0.278. The first-order chi connectivity index (χ1) is 11.2. The molecule has 2 heterocycles. The van der Waals surface area contributed by atoms with Crippen LogP contribution in [0.1, 0.15) is 33.6 Å². The Bertz CT molecular complexity index is 884. The number of rotatable bonds is 2. The van der Waals surface area contributed by atoms with Crippen molar-refractivity contribution in [1.82, 2.24) is 19.9 Å². The fourth-order valence-electron chi connectivity index (χ4n) is 3.30. The lowest BCUT2D eigenvalue weighted by Crippen LogP contribution is -2.39. The van der Waals surface area contributed by atoms with Crippen LogP contribution in [0, 0.1) is 6.92 Å². The number of nitrogens with zero attached hydrogens (tertiary/aromatic N) is 3. The summed E-state index contributed by atoms with van der Waals surface area (Å²) in [4.78, 5) is 16.9. The molecule has 0 saturated heterocycles. The van der Waals surface area contributed by atoms with Gasteiger partial charge in [0.15, 0.2) is 5.65 Å². The smallest absolute Gasteiger partial charge is 0.254 e. The molecule has 1 amide bonds. The van der Waals surface area contributed by atoms with Gasteiger partial charge in [0.1, 0.15) is 0 Å². The van der Waals surface area contributed by atoms with Crippen molar-refractivity contribution in [2.75, 3.05) is 0 Å². The van der Waals surface area contributed by atoms with Crippen LogP contribution < -0.4 is 5.32 Å². The van der Waals surface area contributed by atoms with Crippen LogP contribution in [0.5, 0.6) is 0 Å². The Morgan fingerprint density at radius 3 is 2.96 bits per heavy atom. The first-order valence-corrected chi connectivity index (χ1v) is 7.89. The number of hydrogen-bond acceptors (Lipinski definition) is 3. The fourth-order valence-corrected chi connectivity index (χ4v) is 3.30. The van der Waals surface area contributed by atoms with Crippen LogP contribution in [0.15, 0.2) is 42.7 Å². The lowest BCUT2D eigenvalue weighted by molar-refractivity contribution is 0.0932. The number of nitrogens with one attached hydrogen (secondary N) is 1. The van der Waals surface area contributed by atoms with E-state index in [0.29, 0.717) is 5.56 Å². The number of amides is 1.